The zero-order valence-electron chi connectivity index (χ0n) is 31.1. The highest BCUT2D eigenvalue weighted by atomic mass is 19.4. The number of rotatable bonds is 8. The molecule has 3 aromatic carbocycles. The van der Waals surface area contributed by atoms with Crippen LogP contribution in [-0.4, -0.2) is 39.7 Å². The summed E-state index contributed by atoms with van der Waals surface area (Å²) in [5.41, 5.74) is 8.58. The molecular formula is C41H46F6N6. The summed E-state index contributed by atoms with van der Waals surface area (Å²) in [6.45, 7) is 14.8. The molecule has 0 fully saturated rings. The Kier molecular flexibility index (Phi) is 8.90. The summed E-state index contributed by atoms with van der Waals surface area (Å²) >= 11 is 0. The van der Waals surface area contributed by atoms with E-state index in [1.54, 1.807) is 13.8 Å². The lowest BCUT2D eigenvalue weighted by Crippen LogP contribution is -2.54. The number of hydrogen-bond acceptors (Lipinski definition) is 5. The number of halogens is 6. The summed E-state index contributed by atoms with van der Waals surface area (Å²) < 4.78 is 89.5. The fourth-order valence-electron chi connectivity index (χ4n) is 7.19. The first-order chi connectivity index (χ1) is 24.3. The number of allylic oxidation sites excluding steroid dienone is 2. The standard InChI is InChI=1S/C41H46F6N6/c1-35(2,25-11-15-27(16-12-25)39(40(42,43)44,41(45,46)47)28-17-13-26(14-18-28)37(5,6)48)36(3,4)33-50-29-19-9-23(21-31(29)52-33)24-10-20-30-32(22-24)53-34(51-30)38(7,8)49/h9-19,21-22,30H,20,48-49H2,1-8H3,(H,50,52)(H,51,53). The highest BCUT2D eigenvalue weighted by molar-refractivity contribution is 5.95. The van der Waals surface area contributed by atoms with E-state index in [2.05, 4.69) is 22.5 Å². The maximum absolute atomic E-state index is 14.9. The Labute approximate surface area is 305 Å². The molecule has 0 saturated carbocycles. The first-order valence-corrected chi connectivity index (χ1v) is 17.5. The minimum absolute atomic E-state index is 0.00465. The molecule has 1 unspecified atom stereocenters. The van der Waals surface area contributed by atoms with Crippen molar-refractivity contribution in [1.29, 1.82) is 0 Å². The lowest BCUT2D eigenvalue weighted by molar-refractivity contribution is -0.288. The van der Waals surface area contributed by atoms with Crippen LogP contribution in [0.15, 0.2) is 89.6 Å². The fraction of sp³-hybridized carbons (Fsp3) is 0.415. The Morgan fingerprint density at radius 2 is 1.19 bits per heavy atom. The summed E-state index contributed by atoms with van der Waals surface area (Å²) in [4.78, 5) is 13.1. The average molecular weight is 737 g/mol. The highest BCUT2D eigenvalue weighted by Crippen LogP contribution is 2.56. The van der Waals surface area contributed by atoms with E-state index in [9.17, 15) is 26.3 Å². The normalized spacial score (nSPS) is 17.7. The number of alkyl halides is 6. The van der Waals surface area contributed by atoms with Crippen molar-refractivity contribution in [2.75, 3.05) is 0 Å². The van der Waals surface area contributed by atoms with E-state index in [-0.39, 0.29) is 6.04 Å². The predicted molar refractivity (Wildman–Crippen MR) is 198 cm³/mol. The molecule has 12 heteroatoms. The number of nitrogens with one attached hydrogen (secondary N) is 2. The van der Waals surface area contributed by atoms with E-state index in [1.807, 2.05) is 59.7 Å². The number of H-pyrrole nitrogens is 1. The van der Waals surface area contributed by atoms with Crippen LogP contribution in [-0.2, 0) is 21.8 Å². The van der Waals surface area contributed by atoms with Gasteiger partial charge in [0.25, 0.3) is 0 Å². The van der Waals surface area contributed by atoms with Gasteiger partial charge in [-0.25, -0.2) is 4.98 Å². The van der Waals surface area contributed by atoms with Crippen LogP contribution in [0.2, 0.25) is 0 Å². The highest BCUT2D eigenvalue weighted by Gasteiger charge is 2.72. The smallest absolute Gasteiger partial charge is 0.344 e. The van der Waals surface area contributed by atoms with Gasteiger partial charge >= 0.3 is 12.4 Å². The molecule has 6 N–H and O–H groups in total. The summed E-state index contributed by atoms with van der Waals surface area (Å²) in [6, 6.07) is 14.7. The van der Waals surface area contributed by atoms with Gasteiger partial charge in [-0.05, 0) is 85.7 Å². The fourth-order valence-corrected chi connectivity index (χ4v) is 7.19. The summed E-state index contributed by atoms with van der Waals surface area (Å²) in [7, 11) is 0. The summed E-state index contributed by atoms with van der Waals surface area (Å²) in [5, 5.41) is 3.38. The van der Waals surface area contributed by atoms with Crippen LogP contribution in [0.1, 0.15) is 95.5 Å². The first-order valence-electron chi connectivity index (χ1n) is 17.5. The second-order valence-electron chi connectivity index (χ2n) is 16.5. The Morgan fingerprint density at radius 1 is 0.660 bits per heavy atom. The largest absolute Gasteiger partial charge is 0.411 e. The number of amidine groups is 1. The zero-order valence-corrected chi connectivity index (χ0v) is 31.1. The predicted octanol–water partition coefficient (Wildman–Crippen LogP) is 9.20. The number of nitrogens with two attached hydrogens (primary N) is 2. The van der Waals surface area contributed by atoms with Gasteiger partial charge in [-0.3, -0.25) is 4.99 Å². The molecule has 4 aromatic rings. The third-order valence-electron chi connectivity index (χ3n) is 11.3. The minimum atomic E-state index is -5.70. The molecular weight excluding hydrogens is 690 g/mol. The van der Waals surface area contributed by atoms with Crippen LogP contribution in [0.5, 0.6) is 0 Å². The van der Waals surface area contributed by atoms with Crippen molar-refractivity contribution in [3.05, 3.63) is 118 Å². The number of aromatic nitrogens is 2. The summed E-state index contributed by atoms with van der Waals surface area (Å²) in [5.74, 6) is 1.37. The van der Waals surface area contributed by atoms with Crippen molar-refractivity contribution in [1.82, 2.24) is 15.3 Å². The van der Waals surface area contributed by atoms with Crippen molar-refractivity contribution in [3.63, 3.8) is 0 Å². The van der Waals surface area contributed by atoms with E-state index >= 15 is 0 Å². The Bertz CT molecular complexity index is 2100. The number of imidazole rings is 1. The van der Waals surface area contributed by atoms with Gasteiger partial charge in [-0.15, -0.1) is 0 Å². The Balaban J connectivity index is 1.32. The molecule has 282 valence electrons. The first kappa shape index (κ1) is 38.3. The quantitative estimate of drug-likeness (QED) is 0.136. The molecule has 0 saturated heterocycles. The third-order valence-corrected chi connectivity index (χ3v) is 11.3. The molecule has 1 aliphatic heterocycles. The van der Waals surface area contributed by atoms with Crippen LogP contribution in [0.25, 0.3) is 16.6 Å². The van der Waals surface area contributed by atoms with E-state index in [0.29, 0.717) is 17.0 Å². The maximum Gasteiger partial charge on any atom is 0.411 e. The van der Waals surface area contributed by atoms with Crippen LogP contribution >= 0.6 is 0 Å². The second kappa shape index (κ2) is 12.3. The molecule has 0 spiro atoms. The van der Waals surface area contributed by atoms with Gasteiger partial charge in [0.15, 0.2) is 0 Å². The lowest BCUT2D eigenvalue weighted by Gasteiger charge is -2.42. The molecule has 2 heterocycles. The van der Waals surface area contributed by atoms with Crippen LogP contribution in [0.3, 0.4) is 0 Å². The maximum atomic E-state index is 14.9. The van der Waals surface area contributed by atoms with Crippen molar-refractivity contribution in [3.8, 4) is 0 Å². The molecule has 6 rings (SSSR count). The molecule has 1 aromatic heterocycles. The van der Waals surface area contributed by atoms with Crippen LogP contribution in [0.4, 0.5) is 26.3 Å². The molecule has 0 radical (unpaired) electrons. The van der Waals surface area contributed by atoms with Crippen molar-refractivity contribution < 1.29 is 26.3 Å². The van der Waals surface area contributed by atoms with Crippen molar-refractivity contribution >= 4 is 22.4 Å². The van der Waals surface area contributed by atoms with Gasteiger partial charge in [0.1, 0.15) is 11.7 Å². The average Bonchev–Trinajstić information content (AvgIpc) is 3.68. The number of nitrogens with zero attached hydrogens (tertiary/aromatic N) is 2. The van der Waals surface area contributed by atoms with Gasteiger partial charge in [-0.1, -0.05) is 88.4 Å². The van der Waals surface area contributed by atoms with E-state index in [4.69, 9.17) is 21.4 Å². The summed E-state index contributed by atoms with van der Waals surface area (Å²) in [6.07, 6.45) is -6.46. The zero-order chi connectivity index (χ0) is 39.2. The number of aromatic amines is 1. The van der Waals surface area contributed by atoms with Gasteiger partial charge in [-0.2, -0.15) is 26.3 Å². The van der Waals surface area contributed by atoms with E-state index < -0.39 is 50.8 Å². The van der Waals surface area contributed by atoms with Gasteiger partial charge in [0, 0.05) is 22.1 Å². The molecule has 2 aliphatic rings. The molecule has 1 aliphatic carbocycles. The second-order valence-corrected chi connectivity index (χ2v) is 16.5. The Morgan fingerprint density at radius 3 is 1.70 bits per heavy atom. The topological polar surface area (TPSA) is 105 Å². The van der Waals surface area contributed by atoms with Crippen LogP contribution in [0, 0.1) is 0 Å². The SMILES string of the molecule is CC(C)(N)C1=NC2CC=C(c3ccc4nc(C(C)(C)C(C)(C)c5ccc(C(c6ccc(C(C)(C)N)cc6)(C(F)(F)F)C(F)(F)F)cc5)[nH]c4c3)C=C2N1. The lowest BCUT2D eigenvalue weighted by atomic mass is 9.63. The molecule has 0 amide bonds. The van der Waals surface area contributed by atoms with E-state index in [1.165, 1.54) is 24.3 Å². The number of aliphatic imine (C=N–C) groups is 1. The third kappa shape index (κ3) is 6.37. The van der Waals surface area contributed by atoms with Gasteiger partial charge in [0.2, 0.25) is 5.41 Å². The van der Waals surface area contributed by atoms with Crippen molar-refractivity contribution in [2.45, 2.75) is 108 Å². The van der Waals surface area contributed by atoms with Crippen LogP contribution < -0.4 is 16.8 Å². The number of benzene rings is 3. The molecule has 1 atom stereocenters. The molecule has 0 bridgehead atoms. The van der Waals surface area contributed by atoms with E-state index in [0.717, 1.165) is 64.4 Å². The molecule has 53 heavy (non-hydrogen) atoms. The van der Waals surface area contributed by atoms with Gasteiger partial charge < -0.3 is 21.8 Å². The number of fused-ring (bicyclic) bond motifs is 2. The Hall–Kier alpha value is -4.42. The molecule has 6 nitrogen and oxygen atoms in total. The number of hydrogen-bond donors (Lipinski definition) is 4. The minimum Gasteiger partial charge on any atom is -0.344 e. The monoisotopic (exact) mass is 736 g/mol. The van der Waals surface area contributed by atoms with Crippen molar-refractivity contribution in [2.24, 2.45) is 16.5 Å². The van der Waals surface area contributed by atoms with Gasteiger partial charge in [0.05, 0.1) is 22.6 Å².